The average Bonchev–Trinajstić information content (AvgIpc) is 2.12. The molecule has 0 saturated carbocycles. The van der Waals surface area contributed by atoms with E-state index < -0.39 is 18.0 Å². The zero-order valence-electron chi connectivity index (χ0n) is 6.31. The highest BCUT2D eigenvalue weighted by Crippen LogP contribution is 1.99. The lowest BCUT2D eigenvalue weighted by Gasteiger charge is -2.03. The standard InChI is InChI=1S/C7H5N3O2/c1-5(2-8)7(11)12-6(3-9)4-10/h5-6H,1H3. The van der Waals surface area contributed by atoms with Crippen LogP contribution in [0.3, 0.4) is 0 Å². The Hall–Kier alpha value is -2.06. The normalized spacial score (nSPS) is 10.6. The highest BCUT2D eigenvalue weighted by Gasteiger charge is 2.18. The van der Waals surface area contributed by atoms with Gasteiger partial charge in [0, 0.05) is 0 Å². The van der Waals surface area contributed by atoms with E-state index in [4.69, 9.17) is 15.8 Å². The van der Waals surface area contributed by atoms with E-state index in [9.17, 15) is 4.79 Å². The highest BCUT2D eigenvalue weighted by molar-refractivity contribution is 5.75. The van der Waals surface area contributed by atoms with Crippen LogP contribution < -0.4 is 0 Å². The summed E-state index contributed by atoms with van der Waals surface area (Å²) in [4.78, 5) is 10.8. The first kappa shape index (κ1) is 9.94. The Kier molecular flexibility index (Phi) is 3.90. The van der Waals surface area contributed by atoms with Gasteiger partial charge < -0.3 is 4.74 Å². The van der Waals surface area contributed by atoms with Crippen molar-refractivity contribution in [2.45, 2.75) is 13.0 Å². The minimum absolute atomic E-state index is 0.856. The predicted octanol–water partition coefficient (Wildman–Crippen LogP) is 0.105. The zero-order valence-corrected chi connectivity index (χ0v) is 6.31. The summed E-state index contributed by atoms with van der Waals surface area (Å²) < 4.78 is 4.32. The van der Waals surface area contributed by atoms with E-state index in [0.29, 0.717) is 0 Å². The molecule has 0 aromatic heterocycles. The van der Waals surface area contributed by atoms with Crippen molar-refractivity contribution >= 4 is 5.97 Å². The van der Waals surface area contributed by atoms with E-state index >= 15 is 0 Å². The molecule has 0 N–H and O–H groups in total. The maximum Gasteiger partial charge on any atom is 0.325 e. The summed E-state index contributed by atoms with van der Waals surface area (Å²) in [6.07, 6.45) is -1.42. The topological polar surface area (TPSA) is 97.7 Å². The third-order valence-corrected chi connectivity index (χ3v) is 1.02. The predicted molar refractivity (Wildman–Crippen MR) is 35.9 cm³/mol. The minimum atomic E-state index is -1.42. The molecule has 0 bridgehead atoms. The molecule has 0 aliphatic heterocycles. The number of nitrogens with zero attached hydrogens (tertiary/aromatic N) is 3. The Bertz CT molecular complexity index is 277. The van der Waals surface area contributed by atoms with Crippen LogP contribution in [0.1, 0.15) is 6.92 Å². The molecule has 0 aliphatic carbocycles. The monoisotopic (exact) mass is 163 g/mol. The molecule has 0 aliphatic rings. The number of nitriles is 3. The van der Waals surface area contributed by atoms with Crippen molar-refractivity contribution in [2.24, 2.45) is 5.92 Å². The highest BCUT2D eigenvalue weighted by atomic mass is 16.5. The molecule has 0 heterocycles. The summed E-state index contributed by atoms with van der Waals surface area (Å²) in [5.41, 5.74) is 0. The fraction of sp³-hybridized carbons (Fsp3) is 0.429. The van der Waals surface area contributed by atoms with Gasteiger partial charge in [0.15, 0.2) is 0 Å². The van der Waals surface area contributed by atoms with Crippen LogP contribution in [0.25, 0.3) is 0 Å². The third kappa shape index (κ3) is 2.68. The molecular weight excluding hydrogens is 158 g/mol. The van der Waals surface area contributed by atoms with Gasteiger partial charge in [-0.15, -0.1) is 0 Å². The van der Waals surface area contributed by atoms with Crippen LogP contribution in [-0.4, -0.2) is 12.1 Å². The number of ether oxygens (including phenoxy) is 1. The summed E-state index contributed by atoms with van der Waals surface area (Å²) in [7, 11) is 0. The van der Waals surface area contributed by atoms with Crippen LogP contribution in [0, 0.1) is 39.9 Å². The number of hydrogen-bond donors (Lipinski definition) is 0. The van der Waals surface area contributed by atoms with Gasteiger partial charge >= 0.3 is 5.97 Å². The fourth-order valence-corrected chi connectivity index (χ4v) is 0.352. The molecule has 5 nitrogen and oxygen atoms in total. The molecule has 1 atom stereocenters. The summed E-state index contributed by atoms with van der Waals surface area (Å²) in [5, 5.41) is 24.6. The number of carbonyl (C=O) groups is 1. The lowest BCUT2D eigenvalue weighted by atomic mass is 10.2. The molecular formula is C7H5N3O2. The number of rotatable bonds is 2. The van der Waals surface area contributed by atoms with E-state index in [2.05, 4.69) is 4.74 Å². The molecule has 1 unspecified atom stereocenters. The summed E-state index contributed by atoms with van der Waals surface area (Å²) in [6.45, 7) is 1.33. The van der Waals surface area contributed by atoms with E-state index in [0.717, 1.165) is 0 Å². The largest absolute Gasteiger partial charge is 0.432 e. The van der Waals surface area contributed by atoms with Crippen molar-refractivity contribution in [3.63, 3.8) is 0 Å². The van der Waals surface area contributed by atoms with Crippen LogP contribution in [-0.2, 0) is 9.53 Å². The molecule has 0 aromatic rings. The van der Waals surface area contributed by atoms with Gasteiger partial charge in [0.25, 0.3) is 6.10 Å². The first-order chi connectivity index (χ1) is 5.65. The van der Waals surface area contributed by atoms with Gasteiger partial charge in [-0.3, -0.25) is 4.79 Å². The first-order valence-electron chi connectivity index (χ1n) is 3.05. The maximum absolute atomic E-state index is 10.8. The number of hydrogen-bond acceptors (Lipinski definition) is 5. The molecule has 0 amide bonds. The molecule has 0 radical (unpaired) electrons. The number of esters is 1. The van der Waals surface area contributed by atoms with Crippen molar-refractivity contribution < 1.29 is 9.53 Å². The summed E-state index contributed by atoms with van der Waals surface area (Å²) >= 11 is 0. The Labute approximate surface area is 69.4 Å². The second kappa shape index (κ2) is 4.71. The average molecular weight is 163 g/mol. The van der Waals surface area contributed by atoms with Crippen LogP contribution >= 0.6 is 0 Å². The molecule has 5 heteroatoms. The fourth-order valence-electron chi connectivity index (χ4n) is 0.352. The summed E-state index contributed by atoms with van der Waals surface area (Å²) in [5.74, 6) is -1.81. The second-order valence-corrected chi connectivity index (χ2v) is 1.93. The van der Waals surface area contributed by atoms with Gasteiger partial charge in [-0.1, -0.05) is 0 Å². The lowest BCUT2D eigenvalue weighted by molar-refractivity contribution is -0.146. The molecule has 60 valence electrons. The Morgan fingerprint density at radius 1 is 1.25 bits per heavy atom. The molecule has 12 heavy (non-hydrogen) atoms. The van der Waals surface area contributed by atoms with Gasteiger partial charge in [0.1, 0.15) is 18.1 Å². The Balaban J connectivity index is 4.15. The van der Waals surface area contributed by atoms with E-state index in [-0.39, 0.29) is 0 Å². The van der Waals surface area contributed by atoms with E-state index in [1.165, 1.54) is 19.1 Å². The van der Waals surface area contributed by atoms with Crippen LogP contribution in [0.4, 0.5) is 0 Å². The van der Waals surface area contributed by atoms with Crippen LogP contribution in [0.2, 0.25) is 0 Å². The zero-order chi connectivity index (χ0) is 9.56. The van der Waals surface area contributed by atoms with Gasteiger partial charge in [0.05, 0.1) is 6.07 Å². The van der Waals surface area contributed by atoms with Crippen LogP contribution in [0.5, 0.6) is 0 Å². The second-order valence-electron chi connectivity index (χ2n) is 1.93. The molecule has 0 spiro atoms. The third-order valence-electron chi connectivity index (χ3n) is 1.02. The smallest absolute Gasteiger partial charge is 0.325 e. The Morgan fingerprint density at radius 3 is 2.08 bits per heavy atom. The molecule has 0 rings (SSSR count). The SMILES string of the molecule is CC(C#N)C(=O)OC(C#N)C#N. The van der Waals surface area contributed by atoms with Gasteiger partial charge in [0.2, 0.25) is 0 Å². The van der Waals surface area contributed by atoms with Crippen LogP contribution in [0.15, 0.2) is 0 Å². The number of carbonyl (C=O) groups excluding carboxylic acids is 1. The van der Waals surface area contributed by atoms with Gasteiger partial charge in [-0.2, -0.15) is 15.8 Å². The van der Waals surface area contributed by atoms with Gasteiger partial charge in [-0.25, -0.2) is 0 Å². The van der Waals surface area contributed by atoms with E-state index in [1.807, 2.05) is 0 Å². The van der Waals surface area contributed by atoms with Crippen molar-refractivity contribution in [3.8, 4) is 18.2 Å². The molecule has 0 saturated heterocycles. The van der Waals surface area contributed by atoms with Crippen molar-refractivity contribution in [2.75, 3.05) is 0 Å². The minimum Gasteiger partial charge on any atom is -0.432 e. The molecule has 0 fully saturated rings. The van der Waals surface area contributed by atoms with Crippen molar-refractivity contribution in [1.29, 1.82) is 15.8 Å². The quantitative estimate of drug-likeness (QED) is 0.538. The molecule has 0 aromatic carbocycles. The summed E-state index contributed by atoms with van der Waals surface area (Å²) in [6, 6.07) is 4.52. The van der Waals surface area contributed by atoms with E-state index in [1.54, 1.807) is 6.07 Å². The Morgan fingerprint density at radius 2 is 1.75 bits per heavy atom. The maximum atomic E-state index is 10.8. The van der Waals surface area contributed by atoms with Crippen molar-refractivity contribution in [1.82, 2.24) is 0 Å². The van der Waals surface area contributed by atoms with Crippen molar-refractivity contribution in [3.05, 3.63) is 0 Å². The van der Waals surface area contributed by atoms with Gasteiger partial charge in [-0.05, 0) is 6.92 Å². The first-order valence-corrected chi connectivity index (χ1v) is 3.05. The lowest BCUT2D eigenvalue weighted by Crippen LogP contribution is -2.19.